The van der Waals surface area contributed by atoms with Crippen LogP contribution in [0.15, 0.2) is 191 Å². The second kappa shape index (κ2) is 19.7. The minimum atomic E-state index is 0. The summed E-state index contributed by atoms with van der Waals surface area (Å²) in [6.07, 6.45) is 19.8. The largest absolute Gasteiger partial charge is 0.455 e. The molecule has 0 atom stereocenters. The van der Waals surface area contributed by atoms with E-state index in [1.807, 2.05) is 50.2 Å². The van der Waals surface area contributed by atoms with Crippen molar-refractivity contribution in [1.29, 1.82) is 0 Å². The van der Waals surface area contributed by atoms with Crippen molar-refractivity contribution in [3.8, 4) is 23.0 Å². The lowest BCUT2D eigenvalue weighted by atomic mass is 9.92. The summed E-state index contributed by atoms with van der Waals surface area (Å²) >= 11 is 0. The first-order chi connectivity index (χ1) is 38.4. The molecule has 0 radical (unpaired) electrons. The molecule has 1 aliphatic heterocycles. The van der Waals surface area contributed by atoms with E-state index in [1.54, 1.807) is 0 Å². The summed E-state index contributed by atoms with van der Waals surface area (Å²) in [5.74, 6) is 4.15. The minimum absolute atomic E-state index is 0. The normalized spacial score (nSPS) is 13.0. The molecular formula is C72H59N3O4. The molecule has 2 bridgehead atoms. The van der Waals surface area contributed by atoms with Crippen LogP contribution in [-0.2, 0) is 19.3 Å². The number of furan rings is 2. The molecule has 2 N–H and O–H groups in total. The summed E-state index contributed by atoms with van der Waals surface area (Å²) in [6, 6.07) is 57.4. The third kappa shape index (κ3) is 7.95. The third-order valence-corrected chi connectivity index (χ3v) is 15.7. The van der Waals surface area contributed by atoms with Gasteiger partial charge in [0.25, 0.3) is 0 Å². The van der Waals surface area contributed by atoms with Crippen LogP contribution >= 0.6 is 0 Å². The first kappa shape index (κ1) is 48.9. The Kier molecular flexibility index (Phi) is 12.2. The molecule has 2 aromatic heterocycles. The molecule has 4 aliphatic rings. The summed E-state index contributed by atoms with van der Waals surface area (Å²) in [6.45, 7) is 8.22. The summed E-state index contributed by atoms with van der Waals surface area (Å²) in [5, 5.41) is 3.05. The maximum Gasteiger partial charge on any atom is 0.159 e. The van der Waals surface area contributed by atoms with Gasteiger partial charge in [-0.2, -0.15) is 0 Å². The van der Waals surface area contributed by atoms with Crippen LogP contribution in [0.5, 0.6) is 23.0 Å². The molecule has 0 spiro atoms. The molecule has 79 heavy (non-hydrogen) atoms. The van der Waals surface area contributed by atoms with Gasteiger partial charge in [-0.15, -0.1) is 0 Å². The van der Waals surface area contributed by atoms with Crippen LogP contribution in [0.1, 0.15) is 88.2 Å². The lowest BCUT2D eigenvalue weighted by Gasteiger charge is -2.33. The zero-order valence-corrected chi connectivity index (χ0v) is 43.9. The van der Waals surface area contributed by atoms with E-state index in [4.69, 9.17) is 24.0 Å². The second-order valence-electron chi connectivity index (χ2n) is 20.2. The summed E-state index contributed by atoms with van der Waals surface area (Å²) in [7, 11) is 0. The highest BCUT2D eigenvalue weighted by molar-refractivity contribution is 6.14. The number of hydrogen-bond donors (Lipinski definition) is 1. The SMILES string of the molecule is C.CC.Cc1ccccc1Oc1c(C)cccc1N(c1ccc2c3c1C=Cc1ccc(N(c4cccc5c6c(oc45)C=CC=CC6)c4cccc5c4oc4c(N)cccc45)c(c1C3)C=C2)c1cccc2c1Oc1ccccc1C2. The molecule has 386 valence electrons. The predicted octanol–water partition coefficient (Wildman–Crippen LogP) is 20.3. The van der Waals surface area contributed by atoms with Crippen molar-refractivity contribution in [2.24, 2.45) is 0 Å². The molecule has 0 saturated heterocycles. The zero-order chi connectivity index (χ0) is 52.6. The number of fused-ring (bicyclic) bond motifs is 8. The van der Waals surface area contributed by atoms with Crippen molar-refractivity contribution in [2.75, 3.05) is 15.5 Å². The summed E-state index contributed by atoms with van der Waals surface area (Å²) in [4.78, 5) is 4.71. The van der Waals surface area contributed by atoms with Crippen molar-refractivity contribution < 1.29 is 18.3 Å². The van der Waals surface area contributed by atoms with Crippen molar-refractivity contribution in [1.82, 2.24) is 0 Å². The number of allylic oxidation sites excluding steroid dienone is 3. The maximum absolute atomic E-state index is 7.04. The Bertz CT molecular complexity index is 4390. The average Bonchev–Trinajstić information content (AvgIpc) is 4.05. The molecule has 0 fully saturated rings. The Morgan fingerprint density at radius 2 is 1.06 bits per heavy atom. The minimum Gasteiger partial charge on any atom is -0.455 e. The standard InChI is InChI=1S/C69H49N3O4.C2H6.CH4/c1-41-15-6-8-28-62(41)73-65-42(2)16-10-24-58(65)71(59-25-11-18-46-39-45-17-7-9-29-63(45)74-66(46)59)56-37-33-43-32-36-48-54-40-53(43)47(56)35-31-44(54)34-38-57(48)72(60-26-13-21-50-49-19-4-3-5-30-64(49)75-68(50)60)61-27-14-22-52-51-20-12-23-55(70)67(51)76-69(52)61;1-2;/h3-18,20-38H,19,39-40,70H2,1-2H3;1-2H3;1H4. The van der Waals surface area contributed by atoms with Crippen molar-refractivity contribution in [2.45, 2.75) is 54.4 Å². The number of nitrogens with zero attached hydrogens (tertiary/aromatic N) is 2. The molecule has 9 aromatic carbocycles. The number of aryl methyl sites for hydroxylation is 2. The third-order valence-electron chi connectivity index (χ3n) is 15.7. The fourth-order valence-electron chi connectivity index (χ4n) is 12.0. The Morgan fingerprint density at radius 3 is 1.82 bits per heavy atom. The molecule has 0 amide bonds. The molecule has 3 heterocycles. The van der Waals surface area contributed by atoms with Gasteiger partial charge in [-0.05, 0) is 126 Å². The van der Waals surface area contributed by atoms with Gasteiger partial charge in [0.1, 0.15) is 17.3 Å². The van der Waals surface area contributed by atoms with Gasteiger partial charge in [-0.1, -0.05) is 173 Å². The average molecular weight is 1030 g/mol. The van der Waals surface area contributed by atoms with Gasteiger partial charge < -0.3 is 33.8 Å². The van der Waals surface area contributed by atoms with Crippen molar-refractivity contribution in [3.63, 3.8) is 0 Å². The van der Waals surface area contributed by atoms with Crippen LogP contribution < -0.4 is 25.0 Å². The predicted molar refractivity (Wildman–Crippen MR) is 330 cm³/mol. The number of anilines is 7. The van der Waals surface area contributed by atoms with E-state index in [-0.39, 0.29) is 7.43 Å². The van der Waals surface area contributed by atoms with Gasteiger partial charge in [0, 0.05) is 44.8 Å². The van der Waals surface area contributed by atoms with E-state index < -0.39 is 0 Å². The summed E-state index contributed by atoms with van der Waals surface area (Å²) < 4.78 is 27.8. The first-order valence-electron chi connectivity index (χ1n) is 27.0. The van der Waals surface area contributed by atoms with Crippen LogP contribution in [-0.4, -0.2) is 0 Å². The number of rotatable bonds is 8. The molecule has 11 aromatic rings. The van der Waals surface area contributed by atoms with E-state index >= 15 is 0 Å². The van der Waals surface area contributed by atoms with Crippen LogP contribution in [0, 0.1) is 13.8 Å². The Morgan fingerprint density at radius 1 is 0.468 bits per heavy atom. The molecule has 7 heteroatoms. The zero-order valence-electron chi connectivity index (χ0n) is 43.9. The molecule has 3 aliphatic carbocycles. The topological polar surface area (TPSA) is 77.2 Å². The maximum atomic E-state index is 7.04. The lowest BCUT2D eigenvalue weighted by molar-refractivity contribution is 0.460. The number of benzene rings is 9. The van der Waals surface area contributed by atoms with Gasteiger partial charge in [0.2, 0.25) is 0 Å². The van der Waals surface area contributed by atoms with Gasteiger partial charge in [-0.25, -0.2) is 0 Å². The van der Waals surface area contributed by atoms with Crippen molar-refractivity contribution >= 4 is 103 Å². The lowest BCUT2D eigenvalue weighted by Crippen LogP contribution is -2.16. The van der Waals surface area contributed by atoms with Gasteiger partial charge >= 0.3 is 0 Å². The Labute approximate surface area is 461 Å². The van der Waals surface area contributed by atoms with E-state index in [1.165, 1.54) is 22.3 Å². The van der Waals surface area contributed by atoms with Crippen LogP contribution in [0.2, 0.25) is 0 Å². The van der Waals surface area contributed by atoms with E-state index in [9.17, 15) is 0 Å². The van der Waals surface area contributed by atoms with Gasteiger partial charge in [-0.3, -0.25) is 0 Å². The van der Waals surface area contributed by atoms with Crippen molar-refractivity contribution in [3.05, 3.63) is 249 Å². The van der Waals surface area contributed by atoms with Crippen LogP contribution in [0.3, 0.4) is 0 Å². The Hall–Kier alpha value is -9.72. The molecule has 0 saturated carbocycles. The van der Waals surface area contributed by atoms with Crippen LogP contribution in [0.4, 0.5) is 39.8 Å². The smallest absolute Gasteiger partial charge is 0.159 e. The Balaban J connectivity index is 0.00000195. The number of nitrogen functional groups attached to an aromatic ring is 1. The molecule has 15 rings (SSSR count). The summed E-state index contributed by atoms with van der Waals surface area (Å²) in [5.41, 5.74) is 27.6. The monoisotopic (exact) mass is 1030 g/mol. The molecule has 7 nitrogen and oxygen atoms in total. The highest BCUT2D eigenvalue weighted by atomic mass is 16.5. The van der Waals surface area contributed by atoms with E-state index in [2.05, 4.69) is 200 Å². The fraction of sp³-hybridized carbons (Fsp3) is 0.111. The number of ether oxygens (including phenoxy) is 2. The second-order valence-corrected chi connectivity index (χ2v) is 20.2. The highest BCUT2D eigenvalue weighted by Gasteiger charge is 2.33. The highest BCUT2D eigenvalue weighted by Crippen LogP contribution is 2.54. The number of hydrogen-bond acceptors (Lipinski definition) is 7. The number of para-hydroxylation sites is 7. The van der Waals surface area contributed by atoms with Gasteiger partial charge in [0.05, 0.1) is 39.8 Å². The van der Waals surface area contributed by atoms with E-state index in [0.29, 0.717) is 17.7 Å². The van der Waals surface area contributed by atoms with Gasteiger partial charge in [0.15, 0.2) is 28.2 Å². The first-order valence-corrected chi connectivity index (χ1v) is 27.0. The number of nitrogens with two attached hydrogens (primary N) is 1. The van der Waals surface area contributed by atoms with E-state index in [0.717, 1.165) is 142 Å². The molecule has 0 unspecified atom stereocenters. The van der Waals surface area contributed by atoms with Crippen LogP contribution in [0.25, 0.3) is 63.3 Å². The quantitative estimate of drug-likeness (QED) is 0.152. The fourth-order valence-corrected chi connectivity index (χ4v) is 12.0. The molecular weight excluding hydrogens is 971 g/mol.